The minimum Gasteiger partial charge on any atom is -0.298 e. The van der Waals surface area contributed by atoms with E-state index in [-0.39, 0.29) is 11.8 Å². The van der Waals surface area contributed by atoms with Crippen molar-refractivity contribution in [3.8, 4) is 0 Å². The van der Waals surface area contributed by atoms with E-state index in [9.17, 15) is 34.8 Å². The van der Waals surface area contributed by atoms with Crippen molar-refractivity contribution in [1.29, 1.82) is 0 Å². The van der Waals surface area contributed by atoms with E-state index in [0.717, 1.165) is 36.8 Å². The van der Waals surface area contributed by atoms with E-state index in [2.05, 4.69) is 4.72 Å². The van der Waals surface area contributed by atoms with Crippen LogP contribution in [-0.2, 0) is 28.9 Å². The summed E-state index contributed by atoms with van der Waals surface area (Å²) in [5, 5.41) is 0. The third-order valence-electron chi connectivity index (χ3n) is 6.37. The van der Waals surface area contributed by atoms with Gasteiger partial charge in [-0.3, -0.25) is 4.90 Å². The Hall–Kier alpha value is -2.11. The highest BCUT2D eigenvalue weighted by Crippen LogP contribution is 2.40. The van der Waals surface area contributed by atoms with E-state index in [1.807, 2.05) is 4.90 Å². The van der Waals surface area contributed by atoms with Crippen LogP contribution in [0.15, 0.2) is 53.4 Å². The van der Waals surface area contributed by atoms with Gasteiger partial charge in [-0.05, 0) is 54.5 Å². The molecule has 2 fully saturated rings. The predicted molar refractivity (Wildman–Crippen MR) is 108 cm³/mol. The SMILES string of the molecule is O=S(=O)(N[C@H]1CC[C@@H]2CN(Cc3cccc(C(F)(F)F)c3)C[C@H]21)c1cccc(C(F)(F)F)c1. The third-order valence-corrected chi connectivity index (χ3v) is 7.86. The Bertz CT molecular complexity index is 1120. The van der Waals surface area contributed by atoms with Crippen LogP contribution in [0.3, 0.4) is 0 Å². The minimum atomic E-state index is -4.65. The first-order chi connectivity index (χ1) is 15.3. The Morgan fingerprint density at radius 1 is 0.879 bits per heavy atom. The largest absolute Gasteiger partial charge is 0.416 e. The predicted octanol–water partition coefficient (Wildman–Crippen LogP) is 4.91. The molecule has 1 N–H and O–H groups in total. The number of alkyl halides is 6. The van der Waals surface area contributed by atoms with Crippen molar-refractivity contribution in [2.24, 2.45) is 11.8 Å². The van der Waals surface area contributed by atoms with Gasteiger partial charge in [0.1, 0.15) is 0 Å². The number of hydrogen-bond donors (Lipinski definition) is 1. The second-order valence-electron chi connectivity index (χ2n) is 8.65. The van der Waals surface area contributed by atoms with Crippen molar-refractivity contribution in [3.63, 3.8) is 0 Å². The number of nitrogens with zero attached hydrogens (tertiary/aromatic N) is 1. The molecular formula is C22H22F6N2O2S. The van der Waals surface area contributed by atoms with Crippen LogP contribution in [0.25, 0.3) is 0 Å². The van der Waals surface area contributed by atoms with Crippen LogP contribution in [0.5, 0.6) is 0 Å². The summed E-state index contributed by atoms with van der Waals surface area (Å²) in [6, 6.07) is 8.28. The zero-order chi connectivity index (χ0) is 24.0. The average molecular weight is 492 g/mol. The standard InChI is InChI=1S/C22H22F6N2O2S/c23-21(24,25)16-4-1-3-14(9-16)11-30-12-15-7-8-20(19(15)13-30)29-33(31,32)18-6-2-5-17(10-18)22(26,27)28/h1-6,9-10,15,19-20,29H,7-8,11-13H2/t15-,19-,20+/m1/s1. The summed E-state index contributed by atoms with van der Waals surface area (Å²) in [6.45, 7) is 1.43. The molecule has 0 aromatic heterocycles. The molecule has 2 aromatic carbocycles. The summed E-state index contributed by atoms with van der Waals surface area (Å²) >= 11 is 0. The molecule has 2 aliphatic rings. The van der Waals surface area contributed by atoms with Crippen molar-refractivity contribution in [2.75, 3.05) is 13.1 Å². The lowest BCUT2D eigenvalue weighted by Gasteiger charge is -2.22. The van der Waals surface area contributed by atoms with E-state index in [1.165, 1.54) is 6.07 Å². The lowest BCUT2D eigenvalue weighted by molar-refractivity contribution is -0.138. The molecule has 1 saturated carbocycles. The molecule has 11 heteroatoms. The second-order valence-corrected chi connectivity index (χ2v) is 10.4. The van der Waals surface area contributed by atoms with Crippen molar-refractivity contribution in [2.45, 2.75) is 42.7 Å². The summed E-state index contributed by atoms with van der Waals surface area (Å²) in [6.07, 6.45) is -7.78. The summed E-state index contributed by atoms with van der Waals surface area (Å²) in [5.74, 6) is 0.112. The van der Waals surface area contributed by atoms with Gasteiger partial charge in [-0.2, -0.15) is 26.3 Å². The number of sulfonamides is 1. The molecule has 1 aliphatic heterocycles. The van der Waals surface area contributed by atoms with Crippen LogP contribution < -0.4 is 4.72 Å². The van der Waals surface area contributed by atoms with Crippen molar-refractivity contribution >= 4 is 10.0 Å². The fourth-order valence-corrected chi connectivity index (χ4v) is 6.21. The zero-order valence-corrected chi connectivity index (χ0v) is 18.1. The van der Waals surface area contributed by atoms with E-state index in [0.29, 0.717) is 37.7 Å². The van der Waals surface area contributed by atoms with Crippen molar-refractivity contribution in [1.82, 2.24) is 9.62 Å². The number of halogens is 6. The van der Waals surface area contributed by atoms with E-state index < -0.39 is 44.4 Å². The van der Waals surface area contributed by atoms with Gasteiger partial charge in [0, 0.05) is 25.7 Å². The number of likely N-dealkylation sites (tertiary alicyclic amines) is 1. The number of rotatable bonds is 5. The van der Waals surface area contributed by atoms with Gasteiger partial charge in [-0.1, -0.05) is 24.3 Å². The van der Waals surface area contributed by atoms with Crippen LogP contribution in [0.1, 0.15) is 29.5 Å². The van der Waals surface area contributed by atoms with Gasteiger partial charge in [0.05, 0.1) is 16.0 Å². The molecule has 4 nitrogen and oxygen atoms in total. The van der Waals surface area contributed by atoms with E-state index in [4.69, 9.17) is 0 Å². The Morgan fingerprint density at radius 2 is 1.52 bits per heavy atom. The molecule has 180 valence electrons. The monoisotopic (exact) mass is 492 g/mol. The highest BCUT2D eigenvalue weighted by atomic mass is 32.2. The molecule has 0 unspecified atom stereocenters. The lowest BCUT2D eigenvalue weighted by Crippen LogP contribution is -2.39. The van der Waals surface area contributed by atoms with Gasteiger partial charge >= 0.3 is 12.4 Å². The van der Waals surface area contributed by atoms with Crippen LogP contribution in [0, 0.1) is 11.8 Å². The zero-order valence-electron chi connectivity index (χ0n) is 17.3. The van der Waals surface area contributed by atoms with Crippen LogP contribution >= 0.6 is 0 Å². The molecule has 3 atom stereocenters. The molecule has 0 spiro atoms. The number of benzene rings is 2. The number of fused-ring (bicyclic) bond motifs is 1. The van der Waals surface area contributed by atoms with Gasteiger partial charge < -0.3 is 0 Å². The maximum absolute atomic E-state index is 13.0. The Labute approximate surface area is 187 Å². The maximum atomic E-state index is 13.0. The molecule has 1 saturated heterocycles. The Kier molecular flexibility index (Phi) is 6.25. The van der Waals surface area contributed by atoms with Gasteiger partial charge in [-0.15, -0.1) is 0 Å². The quantitative estimate of drug-likeness (QED) is 0.604. The first-order valence-electron chi connectivity index (χ1n) is 10.4. The molecular weight excluding hydrogens is 470 g/mol. The molecule has 2 aromatic rings. The lowest BCUT2D eigenvalue weighted by atomic mass is 9.98. The smallest absolute Gasteiger partial charge is 0.298 e. The maximum Gasteiger partial charge on any atom is 0.416 e. The number of nitrogens with one attached hydrogen (secondary N) is 1. The first kappa shape index (κ1) is 24.0. The van der Waals surface area contributed by atoms with Gasteiger partial charge in [0.2, 0.25) is 10.0 Å². The normalized spacial score (nSPS) is 24.2. The van der Waals surface area contributed by atoms with Crippen LogP contribution in [0.4, 0.5) is 26.3 Å². The molecule has 1 aliphatic carbocycles. The Balaban J connectivity index is 1.43. The third kappa shape index (κ3) is 5.36. The summed E-state index contributed by atoms with van der Waals surface area (Å²) < 4.78 is 106. The number of hydrogen-bond acceptors (Lipinski definition) is 3. The first-order valence-corrected chi connectivity index (χ1v) is 11.9. The summed E-state index contributed by atoms with van der Waals surface area (Å²) in [4.78, 5) is 1.55. The molecule has 1 heterocycles. The molecule has 4 rings (SSSR count). The second kappa shape index (κ2) is 8.59. The highest BCUT2D eigenvalue weighted by Gasteiger charge is 2.44. The van der Waals surface area contributed by atoms with Crippen LogP contribution in [-0.4, -0.2) is 32.4 Å². The van der Waals surface area contributed by atoms with Gasteiger partial charge in [0.15, 0.2) is 0 Å². The molecule has 33 heavy (non-hydrogen) atoms. The van der Waals surface area contributed by atoms with Crippen molar-refractivity contribution < 1.29 is 34.8 Å². The molecule has 0 bridgehead atoms. The van der Waals surface area contributed by atoms with Gasteiger partial charge in [-0.25, -0.2) is 13.1 Å². The van der Waals surface area contributed by atoms with E-state index in [1.54, 1.807) is 6.07 Å². The Morgan fingerprint density at radius 3 is 2.18 bits per heavy atom. The van der Waals surface area contributed by atoms with Gasteiger partial charge in [0.25, 0.3) is 0 Å². The van der Waals surface area contributed by atoms with Crippen LogP contribution in [0.2, 0.25) is 0 Å². The average Bonchev–Trinajstić information content (AvgIpc) is 3.28. The summed E-state index contributed by atoms with van der Waals surface area (Å²) in [5.41, 5.74) is -1.24. The summed E-state index contributed by atoms with van der Waals surface area (Å²) in [7, 11) is -4.16. The minimum absolute atomic E-state index is 0.0589. The molecule has 0 amide bonds. The fraction of sp³-hybridized carbons (Fsp3) is 0.455. The highest BCUT2D eigenvalue weighted by molar-refractivity contribution is 7.89. The fourth-order valence-electron chi connectivity index (χ4n) is 4.84. The van der Waals surface area contributed by atoms with Crippen molar-refractivity contribution in [3.05, 3.63) is 65.2 Å². The van der Waals surface area contributed by atoms with E-state index >= 15 is 0 Å². The molecule has 0 radical (unpaired) electrons. The topological polar surface area (TPSA) is 49.4 Å².